The van der Waals surface area contributed by atoms with Crippen LogP contribution in [0, 0.1) is 5.92 Å². The van der Waals surface area contributed by atoms with E-state index >= 15 is 0 Å². The van der Waals surface area contributed by atoms with Crippen LogP contribution in [0.2, 0.25) is 0 Å². The van der Waals surface area contributed by atoms with Gasteiger partial charge in [0.05, 0.1) is 0 Å². The van der Waals surface area contributed by atoms with Crippen LogP contribution in [0.15, 0.2) is 0 Å². The van der Waals surface area contributed by atoms with Gasteiger partial charge in [0.25, 0.3) is 0 Å². The van der Waals surface area contributed by atoms with Crippen molar-refractivity contribution in [2.24, 2.45) is 5.92 Å². The summed E-state index contributed by atoms with van der Waals surface area (Å²) in [4.78, 5) is 14.0. The number of aliphatic hydroxyl groups excluding tert-OH is 1. The molecule has 2 N–H and O–H groups in total. The van der Waals surface area contributed by atoms with Crippen molar-refractivity contribution in [3.63, 3.8) is 0 Å². The molecule has 1 amide bonds. The molecule has 2 unspecified atom stereocenters. The first kappa shape index (κ1) is 19.2. The summed E-state index contributed by atoms with van der Waals surface area (Å²) in [6, 6.07) is 0.402. The van der Waals surface area contributed by atoms with Crippen LogP contribution in [0.5, 0.6) is 0 Å². The second kappa shape index (κ2) is 9.36. The van der Waals surface area contributed by atoms with Gasteiger partial charge in [0, 0.05) is 25.7 Å². The van der Waals surface area contributed by atoms with Gasteiger partial charge >= 0.3 is 6.09 Å². The van der Waals surface area contributed by atoms with Gasteiger partial charge in [0.1, 0.15) is 5.60 Å². The minimum absolute atomic E-state index is 0.188. The Morgan fingerprint density at radius 2 is 2.09 bits per heavy atom. The average Bonchev–Trinajstić information content (AvgIpc) is 2.45. The third-order valence-electron chi connectivity index (χ3n) is 4.12. The third kappa shape index (κ3) is 7.45. The predicted octanol–water partition coefficient (Wildman–Crippen LogP) is 2.77. The number of likely N-dealkylation sites (tertiary alicyclic amines) is 1. The maximum absolute atomic E-state index is 12.2. The molecule has 0 bridgehead atoms. The van der Waals surface area contributed by atoms with Crippen molar-refractivity contribution < 1.29 is 14.6 Å². The van der Waals surface area contributed by atoms with Gasteiger partial charge in [-0.05, 0) is 72.3 Å². The van der Waals surface area contributed by atoms with Gasteiger partial charge in [-0.15, -0.1) is 0 Å². The molecular formula is C17H34N2O3. The van der Waals surface area contributed by atoms with Crippen molar-refractivity contribution in [3.8, 4) is 0 Å². The van der Waals surface area contributed by atoms with Crippen LogP contribution < -0.4 is 5.32 Å². The van der Waals surface area contributed by atoms with Crippen molar-refractivity contribution in [2.75, 3.05) is 26.2 Å². The molecule has 1 saturated heterocycles. The van der Waals surface area contributed by atoms with E-state index in [4.69, 9.17) is 9.84 Å². The number of hydrogen-bond donors (Lipinski definition) is 2. The molecule has 0 aromatic heterocycles. The molecule has 1 fully saturated rings. The Morgan fingerprint density at radius 1 is 1.36 bits per heavy atom. The van der Waals surface area contributed by atoms with Crippen molar-refractivity contribution in [1.29, 1.82) is 0 Å². The number of carbonyl (C=O) groups excluding carboxylic acids is 1. The van der Waals surface area contributed by atoms with Crippen LogP contribution in [-0.4, -0.2) is 54.0 Å². The van der Waals surface area contributed by atoms with Crippen LogP contribution in [-0.2, 0) is 4.74 Å². The number of rotatable bonds is 7. The minimum Gasteiger partial charge on any atom is -0.444 e. The summed E-state index contributed by atoms with van der Waals surface area (Å²) < 4.78 is 5.47. The van der Waals surface area contributed by atoms with Gasteiger partial charge in [-0.2, -0.15) is 0 Å². The van der Waals surface area contributed by atoms with E-state index in [0.29, 0.717) is 12.0 Å². The first-order valence-electron chi connectivity index (χ1n) is 8.65. The van der Waals surface area contributed by atoms with E-state index in [1.807, 2.05) is 25.7 Å². The van der Waals surface area contributed by atoms with E-state index in [9.17, 15) is 4.79 Å². The fourth-order valence-corrected chi connectivity index (χ4v) is 2.82. The van der Waals surface area contributed by atoms with Crippen LogP contribution in [0.4, 0.5) is 4.79 Å². The summed E-state index contributed by atoms with van der Waals surface area (Å²) >= 11 is 0. The summed E-state index contributed by atoms with van der Waals surface area (Å²) in [6.45, 7) is 10.8. The number of hydrogen-bond acceptors (Lipinski definition) is 4. The average molecular weight is 314 g/mol. The third-order valence-corrected chi connectivity index (χ3v) is 4.12. The number of nitrogens with zero attached hydrogens (tertiary/aromatic N) is 1. The van der Waals surface area contributed by atoms with Crippen LogP contribution in [0.25, 0.3) is 0 Å². The van der Waals surface area contributed by atoms with Gasteiger partial charge < -0.3 is 20.1 Å². The maximum Gasteiger partial charge on any atom is 0.410 e. The number of unbranched alkanes of at least 4 members (excludes halogenated alkanes) is 2. The Bertz CT molecular complexity index is 328. The van der Waals surface area contributed by atoms with E-state index in [2.05, 4.69) is 12.2 Å². The Labute approximate surface area is 135 Å². The summed E-state index contributed by atoms with van der Waals surface area (Å²) in [5.41, 5.74) is -0.430. The lowest BCUT2D eigenvalue weighted by Gasteiger charge is -2.36. The molecule has 130 valence electrons. The van der Waals surface area contributed by atoms with E-state index < -0.39 is 5.60 Å². The van der Waals surface area contributed by atoms with Crippen LogP contribution >= 0.6 is 0 Å². The monoisotopic (exact) mass is 314 g/mol. The SMILES string of the molecule is CC(NCCCCCO)C1CCCN(C(=O)OC(C)(C)C)C1. The molecule has 0 spiro atoms. The smallest absolute Gasteiger partial charge is 0.410 e. The molecule has 0 aliphatic carbocycles. The van der Waals surface area contributed by atoms with Crippen LogP contribution in [0.1, 0.15) is 59.8 Å². The van der Waals surface area contributed by atoms with Gasteiger partial charge in [-0.1, -0.05) is 0 Å². The van der Waals surface area contributed by atoms with Crippen molar-refractivity contribution in [1.82, 2.24) is 10.2 Å². The normalized spacial score (nSPS) is 20.8. The van der Waals surface area contributed by atoms with Crippen molar-refractivity contribution >= 4 is 6.09 Å². The topological polar surface area (TPSA) is 61.8 Å². The quantitative estimate of drug-likeness (QED) is 0.709. The molecule has 0 radical (unpaired) electrons. The molecule has 0 aromatic rings. The van der Waals surface area contributed by atoms with E-state index in [1.54, 1.807) is 0 Å². The lowest BCUT2D eigenvalue weighted by Crippen LogP contribution is -2.48. The highest BCUT2D eigenvalue weighted by molar-refractivity contribution is 5.68. The number of amides is 1. The zero-order valence-corrected chi connectivity index (χ0v) is 14.7. The molecule has 1 aliphatic rings. The number of nitrogens with one attached hydrogen (secondary N) is 1. The van der Waals surface area contributed by atoms with Crippen molar-refractivity contribution in [3.05, 3.63) is 0 Å². The zero-order chi connectivity index (χ0) is 16.6. The van der Waals surface area contributed by atoms with E-state index in [0.717, 1.165) is 51.7 Å². The lowest BCUT2D eigenvalue weighted by atomic mass is 9.91. The lowest BCUT2D eigenvalue weighted by molar-refractivity contribution is 0.0148. The summed E-state index contributed by atoms with van der Waals surface area (Å²) in [5, 5.41) is 12.3. The molecule has 22 heavy (non-hydrogen) atoms. The molecule has 5 nitrogen and oxygen atoms in total. The number of piperidine rings is 1. The Morgan fingerprint density at radius 3 is 2.73 bits per heavy atom. The number of aliphatic hydroxyl groups is 1. The molecule has 1 heterocycles. The molecule has 2 atom stereocenters. The van der Waals surface area contributed by atoms with E-state index in [1.165, 1.54) is 0 Å². The van der Waals surface area contributed by atoms with Gasteiger partial charge in [0.2, 0.25) is 0 Å². The van der Waals surface area contributed by atoms with Gasteiger partial charge in [0.15, 0.2) is 0 Å². The highest BCUT2D eigenvalue weighted by Crippen LogP contribution is 2.21. The molecule has 5 heteroatoms. The number of ether oxygens (including phenoxy) is 1. The molecule has 1 rings (SSSR count). The molecule has 0 aromatic carbocycles. The zero-order valence-electron chi connectivity index (χ0n) is 14.7. The van der Waals surface area contributed by atoms with E-state index in [-0.39, 0.29) is 12.7 Å². The first-order chi connectivity index (χ1) is 10.3. The first-order valence-corrected chi connectivity index (χ1v) is 8.65. The number of carbonyl (C=O) groups is 1. The largest absolute Gasteiger partial charge is 0.444 e. The highest BCUT2D eigenvalue weighted by atomic mass is 16.6. The fraction of sp³-hybridized carbons (Fsp3) is 0.941. The molecule has 1 aliphatic heterocycles. The molecule has 0 saturated carbocycles. The van der Waals surface area contributed by atoms with Gasteiger partial charge in [-0.3, -0.25) is 0 Å². The summed E-state index contributed by atoms with van der Waals surface area (Å²) in [6.07, 6.45) is 5.04. The Kier molecular flexibility index (Phi) is 8.18. The summed E-state index contributed by atoms with van der Waals surface area (Å²) in [5.74, 6) is 0.485. The Hall–Kier alpha value is -0.810. The minimum atomic E-state index is -0.430. The maximum atomic E-state index is 12.2. The highest BCUT2D eigenvalue weighted by Gasteiger charge is 2.29. The van der Waals surface area contributed by atoms with Crippen molar-refractivity contribution in [2.45, 2.75) is 71.4 Å². The standard InChI is InChI=1S/C17H34N2O3/c1-14(18-10-6-5-7-12-20)15-9-8-11-19(13-15)16(21)22-17(2,3)4/h14-15,18,20H,5-13H2,1-4H3. The van der Waals surface area contributed by atoms with Gasteiger partial charge in [-0.25, -0.2) is 4.79 Å². The molecular weight excluding hydrogens is 280 g/mol. The second-order valence-corrected chi connectivity index (χ2v) is 7.36. The Balaban J connectivity index is 2.34. The van der Waals surface area contributed by atoms with Crippen LogP contribution in [0.3, 0.4) is 0 Å². The second-order valence-electron chi connectivity index (χ2n) is 7.36. The summed E-state index contributed by atoms with van der Waals surface area (Å²) in [7, 11) is 0. The fourth-order valence-electron chi connectivity index (χ4n) is 2.82. The predicted molar refractivity (Wildman–Crippen MR) is 88.9 cm³/mol.